The van der Waals surface area contributed by atoms with Gasteiger partial charge in [0.25, 0.3) is 0 Å². The van der Waals surface area contributed by atoms with Gasteiger partial charge < -0.3 is 5.11 Å². The fraction of sp³-hybridized carbons (Fsp3) is 0.455. The van der Waals surface area contributed by atoms with Crippen LogP contribution in [0.3, 0.4) is 0 Å². The molecule has 0 aliphatic heterocycles. The first kappa shape index (κ1) is 13.2. The van der Waals surface area contributed by atoms with E-state index >= 15 is 0 Å². The molecule has 0 aliphatic rings. The number of benzene rings is 1. The molecule has 90 valence electrons. The van der Waals surface area contributed by atoms with Crippen molar-refractivity contribution >= 4 is 10.0 Å². The van der Waals surface area contributed by atoms with Gasteiger partial charge in [0.05, 0.1) is 17.9 Å². The van der Waals surface area contributed by atoms with E-state index in [1.54, 1.807) is 26.0 Å². The highest BCUT2D eigenvalue weighted by Gasteiger charge is 2.21. The number of hydrogen-bond donors (Lipinski definition) is 2. The lowest BCUT2D eigenvalue weighted by atomic mass is 10.1. The van der Waals surface area contributed by atoms with Gasteiger partial charge in [-0.3, -0.25) is 0 Å². The summed E-state index contributed by atoms with van der Waals surface area (Å²) < 4.78 is 25.8. The highest BCUT2D eigenvalue weighted by atomic mass is 32.2. The number of nitrogens with one attached hydrogen (secondary N) is 1. The maximum absolute atomic E-state index is 11.7. The van der Waals surface area contributed by atoms with E-state index in [-0.39, 0.29) is 6.61 Å². The normalized spacial score (nSPS) is 14.0. The molecule has 0 saturated heterocycles. The number of sulfonamides is 1. The minimum atomic E-state index is -3.37. The van der Waals surface area contributed by atoms with Gasteiger partial charge in [0, 0.05) is 0 Å². The van der Waals surface area contributed by atoms with Crippen molar-refractivity contribution in [1.29, 1.82) is 0 Å². The molecule has 1 atom stereocenters. The summed E-state index contributed by atoms with van der Waals surface area (Å²) >= 11 is 0. The summed E-state index contributed by atoms with van der Waals surface area (Å²) in [6.07, 6.45) is 0. The fourth-order valence-electron chi connectivity index (χ4n) is 1.23. The molecule has 0 radical (unpaired) electrons. The van der Waals surface area contributed by atoms with Crippen molar-refractivity contribution in [2.24, 2.45) is 0 Å². The Hall–Kier alpha value is -0.910. The minimum Gasteiger partial charge on any atom is -0.394 e. The third-order valence-corrected chi connectivity index (χ3v) is 4.17. The van der Waals surface area contributed by atoms with E-state index in [1.807, 2.05) is 18.2 Å². The zero-order valence-corrected chi connectivity index (χ0v) is 10.2. The van der Waals surface area contributed by atoms with Crippen LogP contribution >= 0.6 is 0 Å². The predicted molar refractivity (Wildman–Crippen MR) is 63.5 cm³/mol. The zero-order valence-electron chi connectivity index (χ0n) is 9.42. The molecule has 1 aromatic rings. The van der Waals surface area contributed by atoms with Crippen LogP contribution in [0.25, 0.3) is 0 Å². The van der Waals surface area contributed by atoms with E-state index in [1.165, 1.54) is 0 Å². The minimum absolute atomic E-state index is 0.254. The molecule has 0 amide bonds. The van der Waals surface area contributed by atoms with Crippen LogP contribution in [0, 0.1) is 0 Å². The van der Waals surface area contributed by atoms with E-state index in [4.69, 9.17) is 0 Å². The number of hydrogen-bond acceptors (Lipinski definition) is 3. The van der Waals surface area contributed by atoms with Gasteiger partial charge in [-0.2, -0.15) is 0 Å². The van der Waals surface area contributed by atoms with Gasteiger partial charge in [0.1, 0.15) is 0 Å². The van der Waals surface area contributed by atoms with Crippen molar-refractivity contribution in [2.45, 2.75) is 25.1 Å². The summed E-state index contributed by atoms with van der Waals surface area (Å²) in [4.78, 5) is 0. The third-order valence-electron chi connectivity index (χ3n) is 2.31. The highest BCUT2D eigenvalue weighted by Crippen LogP contribution is 2.14. The molecule has 0 unspecified atom stereocenters. The second kappa shape index (κ2) is 5.43. The lowest BCUT2D eigenvalue weighted by Crippen LogP contribution is -2.35. The molecule has 1 rings (SSSR count). The lowest BCUT2D eigenvalue weighted by molar-refractivity contribution is 0.258. The number of aliphatic hydroxyl groups is 1. The highest BCUT2D eigenvalue weighted by molar-refractivity contribution is 7.90. The molecule has 1 aromatic carbocycles. The molecule has 0 spiro atoms. The Morgan fingerprint density at radius 1 is 1.25 bits per heavy atom. The van der Waals surface area contributed by atoms with Crippen LogP contribution in [0.5, 0.6) is 0 Å². The van der Waals surface area contributed by atoms with E-state index in [0.29, 0.717) is 0 Å². The maximum atomic E-state index is 11.7. The first-order valence-corrected chi connectivity index (χ1v) is 6.69. The molecular weight excluding hydrogens is 226 g/mol. The Labute approximate surface area is 96.4 Å². The quantitative estimate of drug-likeness (QED) is 0.812. The van der Waals surface area contributed by atoms with Crippen molar-refractivity contribution in [3.8, 4) is 0 Å². The van der Waals surface area contributed by atoms with Crippen molar-refractivity contribution in [1.82, 2.24) is 4.72 Å². The zero-order chi connectivity index (χ0) is 12.2. The Morgan fingerprint density at radius 2 is 1.81 bits per heavy atom. The summed E-state index contributed by atoms with van der Waals surface area (Å²) in [5.41, 5.74) is 0.759. The molecule has 0 aliphatic carbocycles. The SMILES string of the molecule is CC(C)S(=O)(=O)N[C@@H](CO)c1ccccc1. The molecule has 16 heavy (non-hydrogen) atoms. The van der Waals surface area contributed by atoms with Crippen LogP contribution in [0.15, 0.2) is 30.3 Å². The third kappa shape index (κ3) is 3.30. The smallest absolute Gasteiger partial charge is 0.214 e. The Bertz CT molecular complexity index is 414. The molecule has 5 heteroatoms. The van der Waals surface area contributed by atoms with Crippen LogP contribution < -0.4 is 4.72 Å². The average molecular weight is 243 g/mol. The molecule has 4 nitrogen and oxygen atoms in total. The van der Waals surface area contributed by atoms with Gasteiger partial charge in [-0.25, -0.2) is 13.1 Å². The Kier molecular flexibility index (Phi) is 4.46. The van der Waals surface area contributed by atoms with E-state index in [9.17, 15) is 13.5 Å². The van der Waals surface area contributed by atoms with E-state index < -0.39 is 21.3 Å². The van der Waals surface area contributed by atoms with Gasteiger partial charge in [-0.1, -0.05) is 30.3 Å². The van der Waals surface area contributed by atoms with Crippen molar-refractivity contribution < 1.29 is 13.5 Å². The Balaban J connectivity index is 2.86. The van der Waals surface area contributed by atoms with Gasteiger partial charge in [0.2, 0.25) is 10.0 Å². The van der Waals surface area contributed by atoms with Crippen LogP contribution in [0.4, 0.5) is 0 Å². The summed E-state index contributed by atoms with van der Waals surface area (Å²) in [7, 11) is -3.37. The van der Waals surface area contributed by atoms with Crippen molar-refractivity contribution in [3.63, 3.8) is 0 Å². The van der Waals surface area contributed by atoms with Crippen LogP contribution in [0.1, 0.15) is 25.5 Å². The summed E-state index contributed by atoms with van der Waals surface area (Å²) in [5, 5.41) is 8.69. The second-order valence-corrected chi connectivity index (χ2v) is 6.13. The standard InChI is InChI=1S/C11H17NO3S/c1-9(2)16(14,15)12-11(8-13)10-6-4-3-5-7-10/h3-7,9,11-13H,8H2,1-2H3/t11-/m0/s1. The Morgan fingerprint density at radius 3 is 2.25 bits per heavy atom. The second-order valence-electron chi connectivity index (χ2n) is 3.86. The largest absolute Gasteiger partial charge is 0.394 e. The fourth-order valence-corrected chi connectivity index (χ4v) is 2.11. The topological polar surface area (TPSA) is 66.4 Å². The predicted octanol–water partition coefficient (Wildman–Crippen LogP) is 1.05. The molecule has 0 heterocycles. The van der Waals surface area contributed by atoms with Crippen LogP contribution in [-0.4, -0.2) is 25.4 Å². The lowest BCUT2D eigenvalue weighted by Gasteiger charge is -2.18. The van der Waals surface area contributed by atoms with Crippen molar-refractivity contribution in [2.75, 3.05) is 6.61 Å². The average Bonchev–Trinajstić information content (AvgIpc) is 2.27. The first-order chi connectivity index (χ1) is 7.47. The van der Waals surface area contributed by atoms with Crippen LogP contribution in [0.2, 0.25) is 0 Å². The molecule has 0 aromatic heterocycles. The van der Waals surface area contributed by atoms with E-state index in [0.717, 1.165) is 5.56 Å². The summed E-state index contributed by atoms with van der Waals surface area (Å²) in [5.74, 6) is 0. The summed E-state index contributed by atoms with van der Waals surface area (Å²) in [6, 6.07) is 8.44. The monoisotopic (exact) mass is 243 g/mol. The summed E-state index contributed by atoms with van der Waals surface area (Å²) in [6.45, 7) is 2.94. The number of aliphatic hydroxyl groups excluding tert-OH is 1. The first-order valence-electron chi connectivity index (χ1n) is 5.14. The maximum Gasteiger partial charge on any atom is 0.214 e. The van der Waals surface area contributed by atoms with E-state index in [2.05, 4.69) is 4.72 Å². The van der Waals surface area contributed by atoms with Gasteiger partial charge in [-0.15, -0.1) is 0 Å². The molecule has 0 fully saturated rings. The van der Waals surface area contributed by atoms with Gasteiger partial charge >= 0.3 is 0 Å². The molecule has 2 N–H and O–H groups in total. The van der Waals surface area contributed by atoms with Crippen LogP contribution in [-0.2, 0) is 10.0 Å². The van der Waals surface area contributed by atoms with Crippen molar-refractivity contribution in [3.05, 3.63) is 35.9 Å². The number of rotatable bonds is 5. The molecule has 0 saturated carbocycles. The molecule has 0 bridgehead atoms. The van der Waals surface area contributed by atoms with Gasteiger partial charge in [0.15, 0.2) is 0 Å². The van der Waals surface area contributed by atoms with Gasteiger partial charge in [-0.05, 0) is 19.4 Å². The molecular formula is C11H17NO3S.